The van der Waals surface area contributed by atoms with E-state index in [-0.39, 0.29) is 4.90 Å². The molecule has 2 aromatic rings. The molecule has 6 nitrogen and oxygen atoms in total. The molecule has 1 N–H and O–H groups in total. The summed E-state index contributed by atoms with van der Waals surface area (Å²) < 4.78 is 38.3. The molecule has 27 heavy (non-hydrogen) atoms. The number of anilines is 1. The minimum atomic E-state index is -3.76. The third-order valence-corrected chi connectivity index (χ3v) is 5.83. The van der Waals surface area contributed by atoms with Gasteiger partial charge in [0.05, 0.1) is 24.2 Å². The first-order valence-electron chi connectivity index (χ1n) is 8.74. The number of carbonyl (C=O) groups excluding carboxylic acids is 1. The fourth-order valence-corrected chi connectivity index (χ4v) is 3.92. The van der Waals surface area contributed by atoms with Gasteiger partial charge in [-0.15, -0.1) is 0 Å². The maximum atomic E-state index is 12.7. The molecule has 0 atom stereocenters. The van der Waals surface area contributed by atoms with E-state index in [1.165, 1.54) is 18.2 Å². The lowest BCUT2D eigenvalue weighted by Crippen LogP contribution is -2.15. The zero-order valence-corrected chi connectivity index (χ0v) is 16.9. The third-order valence-electron chi connectivity index (χ3n) is 4.30. The zero-order chi connectivity index (χ0) is 20.0. The predicted molar refractivity (Wildman–Crippen MR) is 105 cm³/mol. The number of benzene rings is 2. The van der Waals surface area contributed by atoms with Crippen LogP contribution in [0.5, 0.6) is 5.75 Å². The van der Waals surface area contributed by atoms with Crippen LogP contribution in [0.1, 0.15) is 41.3 Å². The van der Waals surface area contributed by atoms with Crippen LogP contribution in [0.4, 0.5) is 5.69 Å². The number of carbonyl (C=O) groups is 1. The molecule has 0 aliphatic carbocycles. The van der Waals surface area contributed by atoms with Crippen LogP contribution < -0.4 is 9.46 Å². The molecule has 0 aromatic heterocycles. The Bertz CT molecular complexity index is 905. The first-order chi connectivity index (χ1) is 12.8. The molecule has 0 saturated heterocycles. The van der Waals surface area contributed by atoms with Gasteiger partial charge in [0, 0.05) is 5.69 Å². The van der Waals surface area contributed by atoms with Gasteiger partial charge in [-0.2, -0.15) is 0 Å². The first-order valence-corrected chi connectivity index (χ1v) is 10.2. The van der Waals surface area contributed by atoms with Crippen molar-refractivity contribution in [2.75, 3.05) is 18.4 Å². The van der Waals surface area contributed by atoms with Crippen LogP contribution in [0, 0.1) is 13.8 Å². The summed E-state index contributed by atoms with van der Waals surface area (Å²) in [5.74, 6) is 0.219. The Morgan fingerprint density at radius 3 is 2.30 bits per heavy atom. The number of esters is 1. The summed E-state index contributed by atoms with van der Waals surface area (Å²) in [6.07, 6.45) is 1.75. The molecule has 0 unspecified atom stereocenters. The summed E-state index contributed by atoms with van der Waals surface area (Å²) in [5, 5.41) is 0. The van der Waals surface area contributed by atoms with E-state index in [1.807, 2.05) is 13.8 Å². The fraction of sp³-hybridized carbons (Fsp3) is 0.350. The van der Waals surface area contributed by atoms with Crippen molar-refractivity contribution in [3.8, 4) is 5.75 Å². The zero-order valence-electron chi connectivity index (χ0n) is 16.0. The smallest absolute Gasteiger partial charge is 0.338 e. The van der Waals surface area contributed by atoms with Crippen LogP contribution in [-0.4, -0.2) is 28.1 Å². The van der Waals surface area contributed by atoms with E-state index in [9.17, 15) is 13.2 Å². The number of hydrogen-bond acceptors (Lipinski definition) is 5. The summed E-state index contributed by atoms with van der Waals surface area (Å²) in [6.45, 7) is 5.94. The molecule has 0 saturated carbocycles. The van der Waals surface area contributed by atoms with E-state index >= 15 is 0 Å². The lowest BCUT2D eigenvalue weighted by molar-refractivity contribution is 0.0500. The van der Waals surface area contributed by atoms with Gasteiger partial charge in [-0.3, -0.25) is 4.72 Å². The highest BCUT2D eigenvalue weighted by atomic mass is 32.2. The van der Waals surface area contributed by atoms with E-state index in [2.05, 4.69) is 4.72 Å². The Hall–Kier alpha value is -2.54. The van der Waals surface area contributed by atoms with Crippen molar-refractivity contribution in [3.05, 3.63) is 53.1 Å². The second kappa shape index (κ2) is 8.90. The van der Waals surface area contributed by atoms with Gasteiger partial charge in [-0.1, -0.05) is 13.3 Å². The molecule has 0 heterocycles. The normalized spacial score (nSPS) is 11.1. The largest absolute Gasteiger partial charge is 0.496 e. The van der Waals surface area contributed by atoms with Crippen molar-refractivity contribution in [3.63, 3.8) is 0 Å². The van der Waals surface area contributed by atoms with Crippen LogP contribution in [0.15, 0.2) is 41.3 Å². The summed E-state index contributed by atoms with van der Waals surface area (Å²) >= 11 is 0. The molecule has 0 radical (unpaired) electrons. The van der Waals surface area contributed by atoms with E-state index in [4.69, 9.17) is 9.47 Å². The van der Waals surface area contributed by atoms with E-state index in [0.29, 0.717) is 29.2 Å². The topological polar surface area (TPSA) is 81.7 Å². The predicted octanol–water partition coefficient (Wildman–Crippen LogP) is 4.07. The Morgan fingerprint density at radius 1 is 1.04 bits per heavy atom. The van der Waals surface area contributed by atoms with Gasteiger partial charge in [0.15, 0.2) is 0 Å². The van der Waals surface area contributed by atoms with Crippen molar-refractivity contribution in [1.82, 2.24) is 0 Å². The molecule has 0 amide bonds. The fourth-order valence-electron chi connectivity index (χ4n) is 2.56. The van der Waals surface area contributed by atoms with Crippen LogP contribution in [-0.2, 0) is 14.8 Å². The molecule has 2 rings (SSSR count). The average Bonchev–Trinajstić information content (AvgIpc) is 2.64. The van der Waals surface area contributed by atoms with Gasteiger partial charge in [-0.25, -0.2) is 13.2 Å². The van der Waals surface area contributed by atoms with Gasteiger partial charge < -0.3 is 9.47 Å². The van der Waals surface area contributed by atoms with Crippen LogP contribution in [0.2, 0.25) is 0 Å². The van der Waals surface area contributed by atoms with Crippen molar-refractivity contribution < 1.29 is 22.7 Å². The highest BCUT2D eigenvalue weighted by Crippen LogP contribution is 2.28. The second-order valence-corrected chi connectivity index (χ2v) is 7.84. The number of hydrogen-bond donors (Lipinski definition) is 1. The highest BCUT2D eigenvalue weighted by molar-refractivity contribution is 7.92. The third kappa shape index (κ3) is 5.01. The number of methoxy groups -OCH3 is 1. The lowest BCUT2D eigenvalue weighted by atomic mass is 10.1. The van der Waals surface area contributed by atoms with Crippen LogP contribution in [0.25, 0.3) is 0 Å². The molecule has 0 aliphatic rings. The summed E-state index contributed by atoms with van der Waals surface area (Å²) in [6, 6.07) is 9.31. The minimum Gasteiger partial charge on any atom is -0.496 e. The molecule has 0 aliphatic heterocycles. The molecule has 0 bridgehead atoms. The summed E-state index contributed by atoms with van der Waals surface area (Å²) in [4.78, 5) is 12.1. The maximum absolute atomic E-state index is 12.7. The molecular weight excluding hydrogens is 366 g/mol. The monoisotopic (exact) mass is 391 g/mol. The first kappa shape index (κ1) is 20.8. The van der Waals surface area contributed by atoms with E-state index in [0.717, 1.165) is 18.4 Å². The number of nitrogens with one attached hydrogen (secondary N) is 1. The standard InChI is InChI=1S/C20H25NO5S/c1-5-6-13-26-20(22)16-7-9-17(10-8-16)21-27(23,24)19-12-11-18(25-4)14(2)15(19)3/h7-12,21H,5-6,13H2,1-4H3. The second-order valence-electron chi connectivity index (χ2n) is 6.19. The number of sulfonamides is 1. The van der Waals surface area contributed by atoms with Crippen molar-refractivity contribution in [1.29, 1.82) is 0 Å². The van der Waals surface area contributed by atoms with Gasteiger partial charge >= 0.3 is 5.97 Å². The van der Waals surface area contributed by atoms with Gasteiger partial charge in [0.1, 0.15) is 5.75 Å². The minimum absolute atomic E-state index is 0.184. The average molecular weight is 391 g/mol. The van der Waals surface area contributed by atoms with Crippen LogP contribution >= 0.6 is 0 Å². The molecule has 146 valence electrons. The SMILES string of the molecule is CCCCOC(=O)c1ccc(NS(=O)(=O)c2ccc(OC)c(C)c2C)cc1. The molecule has 7 heteroatoms. The van der Waals surface area contributed by atoms with Gasteiger partial charge in [-0.05, 0) is 67.8 Å². The van der Waals surface area contributed by atoms with Crippen molar-refractivity contribution in [2.45, 2.75) is 38.5 Å². The molecular formula is C20H25NO5S. The molecule has 2 aromatic carbocycles. The number of ether oxygens (including phenoxy) is 2. The quantitative estimate of drug-likeness (QED) is 0.542. The molecule has 0 spiro atoms. The summed E-state index contributed by atoms with van der Waals surface area (Å²) in [5.41, 5.74) is 2.14. The Morgan fingerprint density at radius 2 is 1.70 bits per heavy atom. The summed E-state index contributed by atoms with van der Waals surface area (Å²) in [7, 11) is -2.22. The van der Waals surface area contributed by atoms with Crippen molar-refractivity contribution in [2.24, 2.45) is 0 Å². The van der Waals surface area contributed by atoms with Gasteiger partial charge in [0.25, 0.3) is 10.0 Å². The lowest BCUT2D eigenvalue weighted by Gasteiger charge is -2.14. The maximum Gasteiger partial charge on any atom is 0.338 e. The Labute approximate surface area is 160 Å². The Kier molecular flexibility index (Phi) is 6.85. The molecule has 0 fully saturated rings. The van der Waals surface area contributed by atoms with Crippen LogP contribution in [0.3, 0.4) is 0 Å². The number of unbranched alkanes of at least 4 members (excludes halogenated alkanes) is 1. The van der Waals surface area contributed by atoms with Gasteiger partial charge in [0.2, 0.25) is 0 Å². The van der Waals surface area contributed by atoms with E-state index in [1.54, 1.807) is 32.2 Å². The number of rotatable bonds is 8. The van der Waals surface area contributed by atoms with Crippen molar-refractivity contribution >= 4 is 21.7 Å². The Balaban J connectivity index is 2.17. The highest BCUT2D eigenvalue weighted by Gasteiger charge is 2.20. The van der Waals surface area contributed by atoms with E-state index < -0.39 is 16.0 Å².